The summed E-state index contributed by atoms with van der Waals surface area (Å²) >= 11 is 0. The highest BCUT2D eigenvalue weighted by Crippen LogP contribution is 2.20. The minimum Gasteiger partial charge on any atom is -0.462 e. The molecule has 0 spiro atoms. The highest BCUT2D eigenvalue weighted by atomic mass is 16.5. The van der Waals surface area contributed by atoms with E-state index >= 15 is 0 Å². The van der Waals surface area contributed by atoms with Crippen LogP contribution >= 0.6 is 0 Å². The quantitative estimate of drug-likeness (QED) is 0.672. The number of hydrogen-bond donors (Lipinski definition) is 0. The Bertz CT molecular complexity index is 873. The largest absolute Gasteiger partial charge is 0.462 e. The van der Waals surface area contributed by atoms with Crippen molar-refractivity contribution in [3.05, 3.63) is 51.9 Å². The van der Waals surface area contributed by atoms with E-state index in [9.17, 15) is 9.59 Å². The number of benzene rings is 1. The number of ether oxygens (including phenoxy) is 1. The molecule has 102 valence electrons. The molecule has 2 aromatic heterocycles. The zero-order chi connectivity index (χ0) is 14.3. The second-order valence-corrected chi connectivity index (χ2v) is 4.55. The normalized spacial score (nSPS) is 11.1. The molecule has 0 saturated heterocycles. The number of aryl methyl sites for hydroxylation is 1. The van der Waals surface area contributed by atoms with Gasteiger partial charge in [0.2, 0.25) is 0 Å². The average molecular weight is 271 g/mol. The van der Waals surface area contributed by atoms with E-state index in [1.807, 2.05) is 31.2 Å². The van der Waals surface area contributed by atoms with E-state index in [-0.39, 0.29) is 12.2 Å². The Morgan fingerprint density at radius 3 is 2.75 bits per heavy atom. The summed E-state index contributed by atoms with van der Waals surface area (Å²) in [5.41, 5.74) is 1.52. The molecule has 3 rings (SSSR count). The van der Waals surface area contributed by atoms with E-state index in [1.54, 1.807) is 13.0 Å². The van der Waals surface area contributed by atoms with Crippen LogP contribution in [0.1, 0.15) is 22.8 Å². The van der Waals surface area contributed by atoms with Crippen LogP contribution in [0.5, 0.6) is 0 Å². The number of pyridine rings is 1. The van der Waals surface area contributed by atoms with Crippen molar-refractivity contribution in [2.24, 2.45) is 0 Å². The van der Waals surface area contributed by atoms with Crippen LogP contribution in [0.3, 0.4) is 0 Å². The molecular weight excluding hydrogens is 258 g/mol. The molecule has 20 heavy (non-hydrogen) atoms. The fourth-order valence-corrected chi connectivity index (χ4v) is 2.27. The molecule has 0 radical (unpaired) electrons. The van der Waals surface area contributed by atoms with Crippen molar-refractivity contribution < 1.29 is 14.1 Å². The monoisotopic (exact) mass is 271 g/mol. The Kier molecular flexibility index (Phi) is 2.82. The number of aromatic nitrogens is 1. The van der Waals surface area contributed by atoms with Crippen molar-refractivity contribution in [1.82, 2.24) is 4.57 Å². The number of rotatable bonds is 2. The predicted molar refractivity (Wildman–Crippen MR) is 74.1 cm³/mol. The fourth-order valence-electron chi connectivity index (χ4n) is 2.27. The van der Waals surface area contributed by atoms with E-state index in [1.165, 1.54) is 4.57 Å². The molecular formula is C15H13NO4. The van der Waals surface area contributed by atoms with Crippen LogP contribution in [0.25, 0.3) is 16.4 Å². The van der Waals surface area contributed by atoms with Gasteiger partial charge in [-0.05, 0) is 32.0 Å². The van der Waals surface area contributed by atoms with Gasteiger partial charge in [-0.25, -0.2) is 9.59 Å². The molecule has 1 aromatic carbocycles. The minimum atomic E-state index is -0.684. The highest BCUT2D eigenvalue weighted by molar-refractivity contribution is 5.98. The molecule has 0 fully saturated rings. The average Bonchev–Trinajstić information content (AvgIpc) is 2.75. The maximum atomic E-state index is 11.9. The molecule has 0 atom stereocenters. The molecule has 5 heteroatoms. The summed E-state index contributed by atoms with van der Waals surface area (Å²) in [5, 5.41) is 0.937. The first-order valence-electron chi connectivity index (χ1n) is 6.34. The molecule has 3 aromatic rings. The maximum absolute atomic E-state index is 11.9. The lowest BCUT2D eigenvalue weighted by Gasteiger charge is -2.02. The summed E-state index contributed by atoms with van der Waals surface area (Å²) in [4.78, 5) is 23.7. The first-order valence-corrected chi connectivity index (χ1v) is 6.34. The van der Waals surface area contributed by atoms with Gasteiger partial charge >= 0.3 is 11.6 Å². The topological polar surface area (TPSA) is 60.9 Å². The van der Waals surface area contributed by atoms with E-state index in [2.05, 4.69) is 0 Å². The number of carbonyl (C=O) groups excluding carboxylic acids is 1. The third kappa shape index (κ3) is 1.79. The van der Waals surface area contributed by atoms with Gasteiger partial charge in [0.1, 0.15) is 5.52 Å². The zero-order valence-corrected chi connectivity index (χ0v) is 11.2. The van der Waals surface area contributed by atoms with Crippen molar-refractivity contribution in [3.63, 3.8) is 0 Å². The van der Waals surface area contributed by atoms with Gasteiger partial charge in [-0.2, -0.15) is 4.57 Å². The SMILES string of the molecule is CCOC(=O)c1c(=O)on2c1ccc1cc(C)ccc12. The lowest BCUT2D eigenvalue weighted by molar-refractivity contribution is 0.0525. The van der Waals surface area contributed by atoms with Gasteiger partial charge in [0.05, 0.1) is 12.1 Å². The van der Waals surface area contributed by atoms with Gasteiger partial charge in [0, 0.05) is 5.39 Å². The summed E-state index contributed by atoms with van der Waals surface area (Å²) in [5.74, 6) is -0.657. The van der Waals surface area contributed by atoms with Crippen LogP contribution in [0.2, 0.25) is 0 Å². The van der Waals surface area contributed by atoms with Gasteiger partial charge in [0.15, 0.2) is 5.56 Å². The van der Waals surface area contributed by atoms with Crippen LogP contribution in [0.15, 0.2) is 39.6 Å². The first-order chi connectivity index (χ1) is 9.61. The van der Waals surface area contributed by atoms with Gasteiger partial charge in [-0.3, -0.25) is 0 Å². The highest BCUT2D eigenvalue weighted by Gasteiger charge is 2.21. The fraction of sp³-hybridized carbons (Fsp3) is 0.200. The van der Waals surface area contributed by atoms with Crippen molar-refractivity contribution in [1.29, 1.82) is 0 Å². The minimum absolute atomic E-state index is 0.0608. The third-order valence-electron chi connectivity index (χ3n) is 3.16. The van der Waals surface area contributed by atoms with E-state index in [0.29, 0.717) is 5.52 Å². The molecule has 5 nitrogen and oxygen atoms in total. The molecule has 0 aliphatic rings. The van der Waals surface area contributed by atoms with Gasteiger partial charge in [-0.15, -0.1) is 0 Å². The third-order valence-corrected chi connectivity index (χ3v) is 3.16. The predicted octanol–water partition coefficient (Wildman–Crippen LogP) is 2.53. The van der Waals surface area contributed by atoms with E-state index < -0.39 is 11.6 Å². The van der Waals surface area contributed by atoms with Crippen LogP contribution in [0, 0.1) is 6.92 Å². The van der Waals surface area contributed by atoms with Gasteiger partial charge in [0.25, 0.3) is 0 Å². The van der Waals surface area contributed by atoms with Gasteiger partial charge in [-0.1, -0.05) is 17.7 Å². The zero-order valence-electron chi connectivity index (χ0n) is 11.2. The molecule has 2 heterocycles. The first kappa shape index (κ1) is 12.5. The standard InChI is InChI=1S/C15H13NO4/c1-3-19-14(17)13-12-7-5-10-8-9(2)4-6-11(10)16(12)20-15(13)18/h4-8H,3H2,1-2H3. The summed E-state index contributed by atoms with van der Waals surface area (Å²) in [6.45, 7) is 3.89. The summed E-state index contributed by atoms with van der Waals surface area (Å²) < 4.78 is 11.5. The Morgan fingerprint density at radius 1 is 1.25 bits per heavy atom. The molecule has 0 N–H and O–H groups in total. The molecule has 0 aliphatic carbocycles. The van der Waals surface area contributed by atoms with Crippen LogP contribution < -0.4 is 5.63 Å². The van der Waals surface area contributed by atoms with Crippen molar-refractivity contribution in [3.8, 4) is 0 Å². The number of esters is 1. The molecule has 0 amide bonds. The number of hydrogen-bond acceptors (Lipinski definition) is 4. The summed E-state index contributed by atoms with van der Waals surface area (Å²) in [6, 6.07) is 9.31. The second-order valence-electron chi connectivity index (χ2n) is 4.55. The molecule has 0 aliphatic heterocycles. The Hall–Kier alpha value is -2.56. The van der Waals surface area contributed by atoms with Crippen LogP contribution in [-0.2, 0) is 4.74 Å². The number of nitrogens with zero attached hydrogens (tertiary/aromatic N) is 1. The Labute approximate surface area is 114 Å². The lowest BCUT2D eigenvalue weighted by atomic mass is 10.1. The number of carbonyl (C=O) groups is 1. The lowest BCUT2D eigenvalue weighted by Crippen LogP contribution is -2.13. The number of fused-ring (bicyclic) bond motifs is 3. The second kappa shape index (κ2) is 4.52. The van der Waals surface area contributed by atoms with Crippen molar-refractivity contribution in [2.45, 2.75) is 13.8 Å². The summed E-state index contributed by atoms with van der Waals surface area (Å²) in [6.07, 6.45) is 0. The van der Waals surface area contributed by atoms with E-state index in [0.717, 1.165) is 16.5 Å². The van der Waals surface area contributed by atoms with E-state index in [4.69, 9.17) is 9.26 Å². The molecule has 0 saturated carbocycles. The molecule has 0 unspecified atom stereocenters. The Morgan fingerprint density at radius 2 is 2.00 bits per heavy atom. The smallest absolute Gasteiger partial charge is 0.373 e. The Balaban J connectivity index is 2.35. The van der Waals surface area contributed by atoms with Crippen LogP contribution in [-0.4, -0.2) is 17.1 Å². The van der Waals surface area contributed by atoms with Gasteiger partial charge < -0.3 is 9.26 Å². The van der Waals surface area contributed by atoms with Crippen LogP contribution in [0.4, 0.5) is 0 Å². The van der Waals surface area contributed by atoms with Crippen molar-refractivity contribution in [2.75, 3.05) is 6.61 Å². The molecule has 0 bridgehead atoms. The summed E-state index contributed by atoms with van der Waals surface area (Å²) in [7, 11) is 0. The maximum Gasteiger partial charge on any atom is 0.373 e. The van der Waals surface area contributed by atoms with Crippen molar-refractivity contribution >= 4 is 22.4 Å².